The Kier molecular flexibility index (Phi) is 3.44. The second kappa shape index (κ2) is 4.73. The number of benzene rings is 1. The predicted octanol–water partition coefficient (Wildman–Crippen LogP) is 3.36. The Morgan fingerprint density at radius 3 is 2.56 bits per heavy atom. The predicted molar refractivity (Wildman–Crippen MR) is 76.5 cm³/mol. The maximum atomic E-state index is 6.34. The third-order valence-corrected chi connectivity index (χ3v) is 3.55. The second-order valence-electron chi connectivity index (χ2n) is 6.02. The van der Waals surface area contributed by atoms with Crippen molar-refractivity contribution in [3.63, 3.8) is 0 Å². The van der Waals surface area contributed by atoms with Crippen LogP contribution < -0.4 is 5.73 Å². The number of rotatable bonds is 3. The number of nitrogens with zero attached hydrogens (tertiary/aromatic N) is 2. The van der Waals surface area contributed by atoms with Crippen molar-refractivity contribution in [2.24, 2.45) is 11.1 Å². The zero-order chi connectivity index (χ0) is 13.3. The van der Waals surface area contributed by atoms with Gasteiger partial charge < -0.3 is 10.3 Å². The van der Waals surface area contributed by atoms with Gasteiger partial charge in [-0.3, -0.25) is 0 Å². The molecular weight excluding hydrogens is 222 g/mol. The summed E-state index contributed by atoms with van der Waals surface area (Å²) in [4.78, 5) is 4.48. The summed E-state index contributed by atoms with van der Waals surface area (Å²) in [6.45, 7) is 8.86. The van der Waals surface area contributed by atoms with Gasteiger partial charge in [-0.1, -0.05) is 39.8 Å². The van der Waals surface area contributed by atoms with Gasteiger partial charge in [0.2, 0.25) is 0 Å². The van der Waals surface area contributed by atoms with Crippen LogP contribution in [0.15, 0.2) is 30.6 Å². The van der Waals surface area contributed by atoms with E-state index >= 15 is 0 Å². The molecule has 0 amide bonds. The van der Waals surface area contributed by atoms with Gasteiger partial charge >= 0.3 is 0 Å². The van der Waals surface area contributed by atoms with Crippen LogP contribution >= 0.6 is 0 Å². The highest BCUT2D eigenvalue weighted by molar-refractivity contribution is 5.75. The van der Waals surface area contributed by atoms with Crippen molar-refractivity contribution in [1.82, 2.24) is 9.55 Å². The van der Waals surface area contributed by atoms with E-state index in [0.29, 0.717) is 0 Å². The Morgan fingerprint density at radius 2 is 1.94 bits per heavy atom. The molecule has 1 heterocycles. The summed E-state index contributed by atoms with van der Waals surface area (Å²) >= 11 is 0. The lowest BCUT2D eigenvalue weighted by Gasteiger charge is -2.36. The van der Waals surface area contributed by atoms with Gasteiger partial charge in [0.05, 0.1) is 23.4 Å². The molecule has 3 nitrogen and oxygen atoms in total. The highest BCUT2D eigenvalue weighted by Gasteiger charge is 2.31. The summed E-state index contributed by atoms with van der Waals surface area (Å²) in [6.07, 6.45) is 2.89. The maximum Gasteiger partial charge on any atom is 0.0961 e. The summed E-state index contributed by atoms with van der Waals surface area (Å²) in [5.74, 6) is 0. The molecule has 2 atom stereocenters. The Bertz CT molecular complexity index is 522. The van der Waals surface area contributed by atoms with Gasteiger partial charge in [-0.2, -0.15) is 0 Å². The smallest absolute Gasteiger partial charge is 0.0961 e. The molecule has 2 aromatic rings. The van der Waals surface area contributed by atoms with Crippen LogP contribution in [0.3, 0.4) is 0 Å². The highest BCUT2D eigenvalue weighted by Crippen LogP contribution is 2.35. The number of aromatic nitrogens is 2. The molecule has 0 spiro atoms. The largest absolute Gasteiger partial charge is 0.326 e. The third kappa shape index (κ3) is 2.27. The van der Waals surface area contributed by atoms with Crippen molar-refractivity contribution >= 4 is 11.0 Å². The first-order valence-electron chi connectivity index (χ1n) is 6.62. The number of para-hydroxylation sites is 2. The van der Waals surface area contributed by atoms with Gasteiger partial charge in [-0.05, 0) is 24.0 Å². The van der Waals surface area contributed by atoms with E-state index in [1.54, 1.807) is 0 Å². The number of hydrogen-bond donors (Lipinski definition) is 1. The van der Waals surface area contributed by atoms with Crippen LogP contribution in [0, 0.1) is 5.41 Å². The summed E-state index contributed by atoms with van der Waals surface area (Å²) in [6, 6.07) is 8.63. The van der Waals surface area contributed by atoms with E-state index in [2.05, 4.69) is 49.4 Å². The maximum absolute atomic E-state index is 6.34. The van der Waals surface area contributed by atoms with Gasteiger partial charge in [-0.15, -0.1) is 0 Å². The van der Waals surface area contributed by atoms with Crippen molar-refractivity contribution in [2.75, 3.05) is 0 Å². The minimum atomic E-state index is 0.110. The Labute approximate surface area is 109 Å². The molecular formula is C15H23N3. The molecule has 0 saturated heterocycles. The molecule has 0 bridgehead atoms. The fourth-order valence-electron chi connectivity index (χ4n) is 2.69. The van der Waals surface area contributed by atoms with Crippen LogP contribution in [0.5, 0.6) is 0 Å². The minimum absolute atomic E-state index is 0.110. The summed E-state index contributed by atoms with van der Waals surface area (Å²) in [5, 5.41) is 0. The van der Waals surface area contributed by atoms with Crippen LogP contribution in [0.25, 0.3) is 11.0 Å². The second-order valence-corrected chi connectivity index (χ2v) is 6.02. The molecule has 2 unspecified atom stereocenters. The van der Waals surface area contributed by atoms with Gasteiger partial charge in [0.1, 0.15) is 0 Å². The zero-order valence-corrected chi connectivity index (χ0v) is 11.7. The highest BCUT2D eigenvalue weighted by atomic mass is 15.1. The van der Waals surface area contributed by atoms with Crippen molar-refractivity contribution in [3.05, 3.63) is 30.6 Å². The molecule has 2 N–H and O–H groups in total. The lowest BCUT2D eigenvalue weighted by Crippen LogP contribution is -2.39. The normalized spacial score (nSPS) is 15.8. The molecule has 0 aliphatic rings. The number of hydrogen-bond acceptors (Lipinski definition) is 2. The van der Waals surface area contributed by atoms with E-state index in [9.17, 15) is 0 Å². The molecule has 0 radical (unpaired) electrons. The minimum Gasteiger partial charge on any atom is -0.326 e. The van der Waals surface area contributed by atoms with E-state index < -0.39 is 0 Å². The Hall–Kier alpha value is -1.35. The van der Waals surface area contributed by atoms with Crippen LogP contribution in [0.2, 0.25) is 0 Å². The first kappa shape index (κ1) is 13.1. The number of imidazole rings is 1. The monoisotopic (exact) mass is 245 g/mol. The molecule has 0 saturated carbocycles. The lowest BCUT2D eigenvalue weighted by atomic mass is 9.81. The van der Waals surface area contributed by atoms with E-state index in [0.717, 1.165) is 11.9 Å². The molecule has 1 aromatic carbocycles. The third-order valence-electron chi connectivity index (χ3n) is 3.55. The molecule has 0 fully saturated rings. The molecule has 18 heavy (non-hydrogen) atoms. The van der Waals surface area contributed by atoms with Gasteiger partial charge in [-0.25, -0.2) is 4.98 Å². The summed E-state index contributed by atoms with van der Waals surface area (Å²) < 4.78 is 2.24. The fraction of sp³-hybridized carbons (Fsp3) is 0.533. The lowest BCUT2D eigenvalue weighted by molar-refractivity contribution is 0.206. The molecule has 0 aliphatic heterocycles. The van der Waals surface area contributed by atoms with Crippen molar-refractivity contribution in [3.8, 4) is 0 Å². The fourth-order valence-corrected chi connectivity index (χ4v) is 2.69. The number of fused-ring (bicyclic) bond motifs is 1. The first-order valence-corrected chi connectivity index (χ1v) is 6.62. The molecule has 98 valence electrons. The van der Waals surface area contributed by atoms with Crippen molar-refractivity contribution < 1.29 is 0 Å². The average Bonchev–Trinajstić information content (AvgIpc) is 2.71. The topological polar surface area (TPSA) is 43.8 Å². The van der Waals surface area contributed by atoms with Crippen LogP contribution in [-0.4, -0.2) is 15.6 Å². The van der Waals surface area contributed by atoms with Crippen LogP contribution in [0.4, 0.5) is 0 Å². The zero-order valence-electron chi connectivity index (χ0n) is 11.7. The Morgan fingerprint density at radius 1 is 1.28 bits per heavy atom. The molecule has 1 aromatic heterocycles. The quantitative estimate of drug-likeness (QED) is 0.901. The van der Waals surface area contributed by atoms with Gasteiger partial charge in [0, 0.05) is 6.04 Å². The van der Waals surface area contributed by atoms with E-state index in [-0.39, 0.29) is 17.5 Å². The van der Waals surface area contributed by atoms with E-state index in [1.165, 1.54) is 5.52 Å². The van der Waals surface area contributed by atoms with Crippen LogP contribution in [-0.2, 0) is 0 Å². The van der Waals surface area contributed by atoms with Crippen LogP contribution in [0.1, 0.15) is 40.2 Å². The van der Waals surface area contributed by atoms with E-state index in [1.807, 2.05) is 18.5 Å². The van der Waals surface area contributed by atoms with Gasteiger partial charge in [0.25, 0.3) is 0 Å². The Balaban J connectivity index is 2.55. The molecule has 0 aliphatic carbocycles. The number of nitrogens with two attached hydrogens (primary N) is 1. The SMILES string of the molecule is CCC(N)C(n1cnc2ccccc21)C(C)(C)C. The van der Waals surface area contributed by atoms with Crippen molar-refractivity contribution in [1.29, 1.82) is 0 Å². The summed E-state index contributed by atoms with van der Waals surface area (Å²) in [7, 11) is 0. The standard InChI is InChI=1S/C15H23N3/c1-5-11(16)14(15(2,3)4)18-10-17-12-8-6-7-9-13(12)18/h6-11,14H,5,16H2,1-4H3. The molecule has 2 rings (SSSR count). The van der Waals surface area contributed by atoms with Crippen molar-refractivity contribution in [2.45, 2.75) is 46.2 Å². The average molecular weight is 245 g/mol. The van der Waals surface area contributed by atoms with Gasteiger partial charge in [0.15, 0.2) is 0 Å². The van der Waals surface area contributed by atoms with E-state index in [4.69, 9.17) is 5.73 Å². The first-order chi connectivity index (χ1) is 8.45. The summed E-state index contributed by atoms with van der Waals surface area (Å²) in [5.41, 5.74) is 8.65. The molecule has 3 heteroatoms.